The molecule has 2 aromatic rings. The van der Waals surface area contributed by atoms with Crippen LogP contribution in [0.5, 0.6) is 5.75 Å². The summed E-state index contributed by atoms with van der Waals surface area (Å²) in [6.07, 6.45) is 0. The quantitative estimate of drug-likeness (QED) is 0.824. The number of halogens is 1. The number of methoxy groups -OCH3 is 1. The van der Waals surface area contributed by atoms with Crippen molar-refractivity contribution in [2.45, 2.75) is 23.1 Å². The van der Waals surface area contributed by atoms with Crippen molar-refractivity contribution in [3.63, 3.8) is 0 Å². The highest BCUT2D eigenvalue weighted by molar-refractivity contribution is 7.99. The Kier molecular flexibility index (Phi) is 5.35. The van der Waals surface area contributed by atoms with E-state index in [0.717, 1.165) is 15.7 Å². The summed E-state index contributed by atoms with van der Waals surface area (Å²) in [5.41, 5.74) is 7.32. The number of benzene rings is 2. The van der Waals surface area contributed by atoms with Crippen molar-refractivity contribution in [1.82, 2.24) is 0 Å². The molecule has 4 heteroatoms. The molecule has 0 bridgehead atoms. The van der Waals surface area contributed by atoms with E-state index in [-0.39, 0.29) is 11.3 Å². The first-order chi connectivity index (χ1) is 9.61. The largest absolute Gasteiger partial charge is 0.496 e. The van der Waals surface area contributed by atoms with E-state index in [1.807, 2.05) is 49.4 Å². The number of rotatable bonds is 5. The Morgan fingerprint density at radius 1 is 1.10 bits per heavy atom. The second-order valence-corrected chi connectivity index (χ2v) is 6.22. The van der Waals surface area contributed by atoms with Gasteiger partial charge in [-0.1, -0.05) is 35.9 Å². The summed E-state index contributed by atoms with van der Waals surface area (Å²) in [7, 11) is 1.68. The van der Waals surface area contributed by atoms with Crippen LogP contribution in [-0.2, 0) is 0 Å². The van der Waals surface area contributed by atoms with E-state index in [0.29, 0.717) is 0 Å². The van der Waals surface area contributed by atoms with Gasteiger partial charge in [-0.2, -0.15) is 0 Å². The van der Waals surface area contributed by atoms with Crippen LogP contribution in [0.3, 0.4) is 0 Å². The van der Waals surface area contributed by atoms with Gasteiger partial charge in [-0.3, -0.25) is 0 Å². The Morgan fingerprint density at radius 2 is 1.75 bits per heavy atom. The lowest BCUT2D eigenvalue weighted by Gasteiger charge is -2.22. The highest BCUT2D eigenvalue weighted by atomic mass is 35.5. The van der Waals surface area contributed by atoms with Crippen LogP contribution in [0.1, 0.15) is 17.7 Å². The predicted molar refractivity (Wildman–Crippen MR) is 86.7 cm³/mol. The molecule has 2 unspecified atom stereocenters. The molecular formula is C16H18ClNOS. The molecule has 2 atom stereocenters. The Morgan fingerprint density at radius 3 is 2.35 bits per heavy atom. The van der Waals surface area contributed by atoms with Gasteiger partial charge in [0.05, 0.1) is 7.11 Å². The van der Waals surface area contributed by atoms with Crippen molar-refractivity contribution in [2.24, 2.45) is 5.73 Å². The lowest BCUT2D eigenvalue weighted by molar-refractivity contribution is 0.404. The third-order valence-electron chi connectivity index (χ3n) is 3.00. The molecule has 0 saturated carbocycles. The molecule has 106 valence electrons. The maximum absolute atomic E-state index is 6.15. The smallest absolute Gasteiger partial charge is 0.132 e. The van der Waals surface area contributed by atoms with E-state index in [2.05, 4.69) is 6.07 Å². The number of hydrogen-bond acceptors (Lipinski definition) is 3. The Labute approximate surface area is 129 Å². The monoisotopic (exact) mass is 307 g/mol. The van der Waals surface area contributed by atoms with E-state index in [1.54, 1.807) is 18.9 Å². The average molecular weight is 308 g/mol. The maximum atomic E-state index is 6.15. The molecular weight excluding hydrogens is 290 g/mol. The van der Waals surface area contributed by atoms with Crippen LogP contribution in [0.4, 0.5) is 0 Å². The Bertz CT molecular complexity index is 557. The first kappa shape index (κ1) is 15.2. The lowest BCUT2D eigenvalue weighted by Crippen LogP contribution is -2.22. The van der Waals surface area contributed by atoms with E-state index in [9.17, 15) is 0 Å². The highest BCUT2D eigenvalue weighted by Gasteiger charge is 2.19. The third-order valence-corrected chi connectivity index (χ3v) is 4.80. The third kappa shape index (κ3) is 3.69. The number of ether oxygens (including phenoxy) is 1. The fourth-order valence-corrected chi connectivity index (χ4v) is 3.32. The molecule has 20 heavy (non-hydrogen) atoms. The highest BCUT2D eigenvalue weighted by Crippen LogP contribution is 2.41. The molecule has 0 fully saturated rings. The Hall–Kier alpha value is -1.16. The molecule has 2 aromatic carbocycles. The van der Waals surface area contributed by atoms with Gasteiger partial charge in [0.2, 0.25) is 0 Å². The standard InChI is InChI=1S/C16H18ClNOS/c1-11(18)16(12-7-9-13(17)10-8-12)20-15-6-4-3-5-14(15)19-2/h3-11,16H,18H2,1-2H3. The number of hydrogen-bond donors (Lipinski definition) is 1. The predicted octanol–water partition coefficient (Wildman–Crippen LogP) is 4.53. The minimum absolute atomic E-state index is 0.0195. The summed E-state index contributed by atoms with van der Waals surface area (Å²) < 4.78 is 5.40. The van der Waals surface area contributed by atoms with Crippen LogP contribution in [0.2, 0.25) is 5.02 Å². The van der Waals surface area contributed by atoms with Crippen LogP contribution >= 0.6 is 23.4 Å². The molecule has 0 aliphatic heterocycles. The maximum Gasteiger partial charge on any atom is 0.132 e. The molecule has 0 amide bonds. The minimum Gasteiger partial charge on any atom is -0.496 e. The molecule has 0 spiro atoms. The van der Waals surface area contributed by atoms with Gasteiger partial charge in [-0.25, -0.2) is 0 Å². The van der Waals surface area contributed by atoms with Gasteiger partial charge >= 0.3 is 0 Å². The zero-order valence-electron chi connectivity index (χ0n) is 11.5. The molecule has 0 aliphatic rings. The topological polar surface area (TPSA) is 35.2 Å². The van der Waals surface area contributed by atoms with Gasteiger partial charge in [0.1, 0.15) is 5.75 Å². The molecule has 2 N–H and O–H groups in total. The molecule has 0 heterocycles. The van der Waals surface area contributed by atoms with Crippen LogP contribution in [0, 0.1) is 0 Å². The summed E-state index contributed by atoms with van der Waals surface area (Å²) in [5.74, 6) is 0.872. The van der Waals surface area contributed by atoms with Crippen molar-refractivity contribution in [3.05, 3.63) is 59.1 Å². The van der Waals surface area contributed by atoms with Crippen molar-refractivity contribution < 1.29 is 4.74 Å². The fraction of sp³-hybridized carbons (Fsp3) is 0.250. The van der Waals surface area contributed by atoms with Gasteiger partial charge in [0.15, 0.2) is 0 Å². The molecule has 0 aromatic heterocycles. The summed E-state index contributed by atoms with van der Waals surface area (Å²) in [4.78, 5) is 1.09. The van der Waals surface area contributed by atoms with Crippen LogP contribution in [0.15, 0.2) is 53.4 Å². The SMILES string of the molecule is COc1ccccc1SC(c1ccc(Cl)cc1)C(C)N. The minimum atomic E-state index is 0.0195. The van der Waals surface area contributed by atoms with Crippen molar-refractivity contribution >= 4 is 23.4 Å². The van der Waals surface area contributed by atoms with Gasteiger partial charge in [-0.05, 0) is 36.8 Å². The fourth-order valence-electron chi connectivity index (χ4n) is 1.98. The summed E-state index contributed by atoms with van der Waals surface area (Å²) >= 11 is 7.66. The van der Waals surface area contributed by atoms with Gasteiger partial charge in [0, 0.05) is 21.2 Å². The molecule has 0 radical (unpaired) electrons. The normalized spacial score (nSPS) is 13.8. The van der Waals surface area contributed by atoms with Gasteiger partial charge < -0.3 is 10.5 Å². The van der Waals surface area contributed by atoms with Crippen LogP contribution in [0.25, 0.3) is 0 Å². The zero-order valence-corrected chi connectivity index (χ0v) is 13.1. The second-order valence-electron chi connectivity index (χ2n) is 4.60. The first-order valence-electron chi connectivity index (χ1n) is 6.42. The van der Waals surface area contributed by atoms with Crippen molar-refractivity contribution in [1.29, 1.82) is 0 Å². The van der Waals surface area contributed by atoms with Crippen LogP contribution < -0.4 is 10.5 Å². The lowest BCUT2D eigenvalue weighted by atomic mass is 10.1. The first-order valence-corrected chi connectivity index (χ1v) is 7.68. The van der Waals surface area contributed by atoms with Crippen LogP contribution in [-0.4, -0.2) is 13.2 Å². The van der Waals surface area contributed by atoms with Gasteiger partial charge in [0.25, 0.3) is 0 Å². The van der Waals surface area contributed by atoms with Crippen molar-refractivity contribution in [3.8, 4) is 5.75 Å². The number of nitrogens with two attached hydrogens (primary N) is 1. The summed E-state index contributed by atoms with van der Waals surface area (Å²) in [5, 5.41) is 0.892. The summed E-state index contributed by atoms with van der Waals surface area (Å²) in [6, 6.07) is 15.8. The van der Waals surface area contributed by atoms with E-state index in [4.69, 9.17) is 22.1 Å². The Balaban J connectivity index is 2.28. The number of para-hydroxylation sites is 1. The van der Waals surface area contributed by atoms with Gasteiger partial charge in [-0.15, -0.1) is 11.8 Å². The van der Waals surface area contributed by atoms with E-state index >= 15 is 0 Å². The average Bonchev–Trinajstić information content (AvgIpc) is 2.46. The molecule has 0 aliphatic carbocycles. The van der Waals surface area contributed by atoms with E-state index in [1.165, 1.54) is 5.56 Å². The summed E-state index contributed by atoms with van der Waals surface area (Å²) in [6.45, 7) is 2.02. The molecule has 2 nitrogen and oxygen atoms in total. The molecule has 0 saturated heterocycles. The second kappa shape index (κ2) is 7.02. The number of thioether (sulfide) groups is 1. The molecule has 2 rings (SSSR count). The zero-order chi connectivity index (χ0) is 14.5. The van der Waals surface area contributed by atoms with Crippen molar-refractivity contribution in [2.75, 3.05) is 7.11 Å². The van der Waals surface area contributed by atoms with E-state index < -0.39 is 0 Å².